The first-order valence-corrected chi connectivity index (χ1v) is 4.51. The van der Waals surface area contributed by atoms with Crippen molar-refractivity contribution in [3.63, 3.8) is 0 Å². The van der Waals surface area contributed by atoms with Gasteiger partial charge in [-0.25, -0.2) is 0 Å². The first-order chi connectivity index (χ1) is 7.82. The van der Waals surface area contributed by atoms with Gasteiger partial charge in [0.2, 0.25) is 5.75 Å². The summed E-state index contributed by atoms with van der Waals surface area (Å²) in [4.78, 5) is 30.1. The topological polar surface area (TPSA) is 113 Å². The lowest BCUT2D eigenvalue weighted by molar-refractivity contribution is -0.394. The lowest BCUT2D eigenvalue weighted by Gasteiger charge is -2.03. The van der Waals surface area contributed by atoms with Gasteiger partial charge >= 0.3 is 11.7 Å². The second-order valence-corrected chi connectivity index (χ2v) is 3.29. The van der Waals surface area contributed by atoms with Crippen molar-refractivity contribution in [1.82, 2.24) is 0 Å². The van der Waals surface area contributed by atoms with Gasteiger partial charge in [-0.15, -0.1) is 0 Å². The molecule has 0 aliphatic rings. The first kappa shape index (κ1) is 12.8. The average molecular weight is 261 g/mol. The van der Waals surface area contributed by atoms with Gasteiger partial charge in [-0.1, -0.05) is 11.6 Å². The van der Waals surface area contributed by atoms with Crippen LogP contribution in [-0.4, -0.2) is 15.8 Å². The van der Waals surface area contributed by atoms with Crippen LogP contribution in [-0.2, 0) is 4.79 Å². The Kier molecular flexibility index (Phi) is 3.59. The molecule has 17 heavy (non-hydrogen) atoms. The van der Waals surface area contributed by atoms with E-state index < -0.39 is 32.9 Å². The Morgan fingerprint density at radius 3 is 2.18 bits per heavy atom. The quantitative estimate of drug-likeness (QED) is 0.356. The van der Waals surface area contributed by atoms with Gasteiger partial charge < -0.3 is 4.74 Å². The Labute approximate surface area is 99.0 Å². The maximum atomic E-state index is 10.7. The molecule has 9 heteroatoms. The molecule has 0 radical (unpaired) electrons. The molecule has 8 nitrogen and oxygen atoms in total. The smallest absolute Gasteiger partial charge is 0.318 e. The molecule has 1 aromatic rings. The van der Waals surface area contributed by atoms with Crippen LogP contribution in [0.15, 0.2) is 12.1 Å². The standard InChI is InChI=1S/C8H5ClN2O6/c1-4(12)17-8-2-5(9)6(10(13)14)3-7(8)11(15)16/h2-3H,1H3. The fourth-order valence-corrected chi connectivity index (χ4v) is 1.27. The van der Waals surface area contributed by atoms with Gasteiger partial charge in [-0.2, -0.15) is 0 Å². The molecule has 0 fully saturated rings. The SMILES string of the molecule is CC(=O)Oc1cc(Cl)c([N+](=O)[O-])cc1[N+](=O)[O-]. The molecule has 0 amide bonds. The van der Waals surface area contributed by atoms with E-state index in [0.29, 0.717) is 6.07 Å². The number of hydrogen-bond acceptors (Lipinski definition) is 6. The zero-order valence-electron chi connectivity index (χ0n) is 8.38. The molecule has 0 heterocycles. The lowest BCUT2D eigenvalue weighted by atomic mass is 10.2. The van der Waals surface area contributed by atoms with Gasteiger partial charge in [-0.3, -0.25) is 25.0 Å². The minimum atomic E-state index is -0.901. The highest BCUT2D eigenvalue weighted by Crippen LogP contribution is 2.37. The van der Waals surface area contributed by atoms with Crippen LogP contribution in [0.1, 0.15) is 6.92 Å². The van der Waals surface area contributed by atoms with Crippen molar-refractivity contribution < 1.29 is 19.4 Å². The van der Waals surface area contributed by atoms with E-state index in [9.17, 15) is 25.0 Å². The number of esters is 1. The molecule has 0 N–H and O–H groups in total. The number of halogens is 1. The molecule has 0 saturated carbocycles. The molecular formula is C8H5ClN2O6. The summed E-state index contributed by atoms with van der Waals surface area (Å²) < 4.78 is 4.53. The van der Waals surface area contributed by atoms with Crippen LogP contribution in [0.4, 0.5) is 11.4 Å². The van der Waals surface area contributed by atoms with Crippen molar-refractivity contribution in [3.8, 4) is 5.75 Å². The highest BCUT2D eigenvalue weighted by atomic mass is 35.5. The molecule has 90 valence electrons. The van der Waals surface area contributed by atoms with Gasteiger partial charge in [0.25, 0.3) is 5.69 Å². The van der Waals surface area contributed by atoms with E-state index in [0.717, 1.165) is 13.0 Å². The van der Waals surface area contributed by atoms with Crippen LogP contribution in [0.5, 0.6) is 5.75 Å². The highest BCUT2D eigenvalue weighted by molar-refractivity contribution is 6.32. The third-order valence-electron chi connectivity index (χ3n) is 1.68. The molecule has 0 saturated heterocycles. The molecule has 0 aromatic heterocycles. The van der Waals surface area contributed by atoms with Gasteiger partial charge in [0.05, 0.1) is 15.9 Å². The summed E-state index contributed by atoms with van der Waals surface area (Å²) in [7, 11) is 0. The summed E-state index contributed by atoms with van der Waals surface area (Å²) in [5, 5.41) is 20.8. The average Bonchev–Trinajstić information content (AvgIpc) is 2.15. The summed E-state index contributed by atoms with van der Waals surface area (Å²) >= 11 is 5.53. The summed E-state index contributed by atoms with van der Waals surface area (Å²) in [5.74, 6) is -1.23. The molecule has 0 aliphatic carbocycles. The van der Waals surface area contributed by atoms with Crippen molar-refractivity contribution >= 4 is 28.9 Å². The summed E-state index contributed by atoms with van der Waals surface area (Å²) in [6.07, 6.45) is 0. The first-order valence-electron chi connectivity index (χ1n) is 4.13. The van der Waals surface area contributed by atoms with Gasteiger partial charge in [-0.05, 0) is 0 Å². The number of ether oxygens (including phenoxy) is 1. The minimum Gasteiger partial charge on any atom is -0.419 e. The van der Waals surface area contributed by atoms with Gasteiger partial charge in [0.15, 0.2) is 0 Å². The Bertz CT molecular complexity index is 515. The third kappa shape index (κ3) is 2.88. The number of nitrogens with zero attached hydrogens (tertiary/aromatic N) is 2. The highest BCUT2D eigenvalue weighted by Gasteiger charge is 2.25. The van der Waals surface area contributed by atoms with Crippen molar-refractivity contribution in [2.75, 3.05) is 0 Å². The van der Waals surface area contributed by atoms with Crippen LogP contribution < -0.4 is 4.74 Å². The van der Waals surface area contributed by atoms with Crippen molar-refractivity contribution in [3.05, 3.63) is 37.4 Å². The van der Waals surface area contributed by atoms with Crippen molar-refractivity contribution in [2.45, 2.75) is 6.92 Å². The number of nitro groups is 2. The zero-order valence-corrected chi connectivity index (χ0v) is 9.13. The van der Waals surface area contributed by atoms with Crippen molar-refractivity contribution in [1.29, 1.82) is 0 Å². The predicted molar refractivity (Wildman–Crippen MR) is 56.1 cm³/mol. The lowest BCUT2D eigenvalue weighted by Crippen LogP contribution is -2.05. The number of rotatable bonds is 3. The Morgan fingerprint density at radius 2 is 1.76 bits per heavy atom. The molecule has 0 aliphatic heterocycles. The summed E-state index contributed by atoms with van der Waals surface area (Å²) in [6, 6.07) is 1.50. The molecule has 0 unspecified atom stereocenters. The molecule has 0 atom stereocenters. The number of carbonyl (C=O) groups is 1. The Morgan fingerprint density at radius 1 is 1.24 bits per heavy atom. The molecule has 1 rings (SSSR count). The largest absolute Gasteiger partial charge is 0.419 e. The van der Waals surface area contributed by atoms with Crippen LogP contribution in [0.3, 0.4) is 0 Å². The predicted octanol–water partition coefficient (Wildman–Crippen LogP) is 2.08. The molecule has 0 spiro atoms. The van der Waals surface area contributed by atoms with Gasteiger partial charge in [0.1, 0.15) is 5.02 Å². The van der Waals surface area contributed by atoms with Crippen LogP contribution >= 0.6 is 11.6 Å². The minimum absolute atomic E-state index is 0.350. The van der Waals surface area contributed by atoms with Gasteiger partial charge in [0, 0.05) is 13.0 Å². The molecule has 1 aromatic carbocycles. The molecular weight excluding hydrogens is 256 g/mol. The van der Waals surface area contributed by atoms with E-state index in [-0.39, 0.29) is 5.02 Å². The number of benzene rings is 1. The second-order valence-electron chi connectivity index (χ2n) is 2.88. The van der Waals surface area contributed by atoms with E-state index in [2.05, 4.69) is 4.74 Å². The maximum Gasteiger partial charge on any atom is 0.318 e. The fraction of sp³-hybridized carbons (Fsp3) is 0.125. The van der Waals surface area contributed by atoms with E-state index >= 15 is 0 Å². The number of nitro benzene ring substituents is 2. The van der Waals surface area contributed by atoms with E-state index in [4.69, 9.17) is 11.6 Å². The normalized spacial score (nSPS) is 9.76. The monoisotopic (exact) mass is 260 g/mol. The Hall–Kier alpha value is -2.22. The van der Waals surface area contributed by atoms with E-state index in [1.165, 1.54) is 0 Å². The number of hydrogen-bond donors (Lipinski definition) is 0. The van der Waals surface area contributed by atoms with E-state index in [1.54, 1.807) is 0 Å². The fourth-order valence-electron chi connectivity index (χ4n) is 1.05. The maximum absolute atomic E-state index is 10.7. The summed E-state index contributed by atoms with van der Waals surface area (Å²) in [5.41, 5.74) is -1.33. The van der Waals surface area contributed by atoms with Crippen LogP contribution in [0.2, 0.25) is 5.02 Å². The Balaban J connectivity index is 3.40. The van der Waals surface area contributed by atoms with Crippen molar-refractivity contribution in [2.24, 2.45) is 0 Å². The van der Waals surface area contributed by atoms with E-state index in [1.807, 2.05) is 0 Å². The zero-order chi connectivity index (χ0) is 13.2. The van der Waals surface area contributed by atoms with Crippen LogP contribution in [0, 0.1) is 20.2 Å². The molecule has 0 bridgehead atoms. The summed E-state index contributed by atoms with van der Waals surface area (Å²) in [6.45, 7) is 1.04. The van der Waals surface area contributed by atoms with Crippen LogP contribution in [0.25, 0.3) is 0 Å². The number of carbonyl (C=O) groups excluding carboxylic acids is 1. The second kappa shape index (κ2) is 4.74. The third-order valence-corrected chi connectivity index (χ3v) is 1.98.